The van der Waals surface area contributed by atoms with Crippen molar-refractivity contribution in [2.75, 3.05) is 21.3 Å². The first kappa shape index (κ1) is 17.1. The van der Waals surface area contributed by atoms with Gasteiger partial charge in [0.25, 0.3) is 0 Å². The second-order valence-electron chi connectivity index (χ2n) is 4.73. The number of carbonyl (C=O) groups is 1. The Labute approximate surface area is 124 Å². The highest BCUT2D eigenvalue weighted by atomic mass is 16.5. The predicted molar refractivity (Wildman–Crippen MR) is 79.4 cm³/mol. The number of ether oxygens (including phenoxy) is 3. The molecular formula is C15H23NO5. The molecule has 21 heavy (non-hydrogen) atoms. The Hall–Kier alpha value is -1.95. The summed E-state index contributed by atoms with van der Waals surface area (Å²) in [5.41, 5.74) is 6.48. The number of hydrogen-bond donors (Lipinski definition) is 2. The SMILES string of the molecule is CCC(CC(N)C(=O)O)c1c(OC)cc(OC)cc1OC. The number of aliphatic carboxylic acids is 1. The van der Waals surface area contributed by atoms with Gasteiger partial charge in [-0.3, -0.25) is 4.79 Å². The molecule has 3 N–H and O–H groups in total. The van der Waals surface area contributed by atoms with E-state index in [1.807, 2.05) is 6.92 Å². The van der Waals surface area contributed by atoms with E-state index in [2.05, 4.69) is 0 Å². The summed E-state index contributed by atoms with van der Waals surface area (Å²) in [7, 11) is 4.68. The summed E-state index contributed by atoms with van der Waals surface area (Å²) < 4.78 is 16.0. The molecule has 2 atom stereocenters. The van der Waals surface area contributed by atoms with Crippen LogP contribution in [0.4, 0.5) is 0 Å². The van der Waals surface area contributed by atoms with Gasteiger partial charge in [-0.1, -0.05) is 6.92 Å². The molecule has 1 aromatic rings. The Bertz CT molecular complexity index is 464. The molecule has 0 amide bonds. The van der Waals surface area contributed by atoms with E-state index in [9.17, 15) is 4.79 Å². The quantitative estimate of drug-likeness (QED) is 0.762. The Morgan fingerprint density at radius 1 is 1.19 bits per heavy atom. The van der Waals surface area contributed by atoms with E-state index in [0.717, 1.165) is 12.0 Å². The molecule has 0 bridgehead atoms. The van der Waals surface area contributed by atoms with Crippen LogP contribution in [0.5, 0.6) is 17.2 Å². The molecule has 0 heterocycles. The molecule has 0 radical (unpaired) electrons. The van der Waals surface area contributed by atoms with Gasteiger partial charge >= 0.3 is 5.97 Å². The van der Waals surface area contributed by atoms with E-state index >= 15 is 0 Å². The molecule has 0 fully saturated rings. The molecule has 0 aliphatic heterocycles. The lowest BCUT2D eigenvalue weighted by Crippen LogP contribution is -2.32. The van der Waals surface area contributed by atoms with Gasteiger partial charge in [0.15, 0.2) is 0 Å². The zero-order valence-electron chi connectivity index (χ0n) is 12.9. The first-order chi connectivity index (χ1) is 9.98. The maximum Gasteiger partial charge on any atom is 0.320 e. The van der Waals surface area contributed by atoms with Crippen molar-refractivity contribution in [3.05, 3.63) is 17.7 Å². The van der Waals surface area contributed by atoms with Crippen molar-refractivity contribution in [1.82, 2.24) is 0 Å². The molecule has 2 unspecified atom stereocenters. The molecule has 0 aliphatic rings. The lowest BCUT2D eigenvalue weighted by atomic mass is 9.88. The van der Waals surface area contributed by atoms with Crippen LogP contribution in [0.15, 0.2) is 12.1 Å². The Morgan fingerprint density at radius 2 is 1.71 bits per heavy atom. The normalized spacial score (nSPS) is 13.4. The fraction of sp³-hybridized carbons (Fsp3) is 0.533. The van der Waals surface area contributed by atoms with Gasteiger partial charge in [0.1, 0.15) is 23.3 Å². The number of benzene rings is 1. The minimum atomic E-state index is -1.01. The van der Waals surface area contributed by atoms with E-state index in [1.165, 1.54) is 0 Å². The third kappa shape index (κ3) is 4.01. The molecule has 0 saturated heterocycles. The van der Waals surface area contributed by atoms with Gasteiger partial charge in [0.2, 0.25) is 0 Å². The third-order valence-corrected chi connectivity index (χ3v) is 3.51. The summed E-state index contributed by atoms with van der Waals surface area (Å²) in [5.74, 6) is 0.739. The van der Waals surface area contributed by atoms with Gasteiger partial charge in [-0.05, 0) is 18.8 Å². The molecule has 0 spiro atoms. The molecular weight excluding hydrogens is 274 g/mol. The average molecular weight is 297 g/mol. The third-order valence-electron chi connectivity index (χ3n) is 3.51. The van der Waals surface area contributed by atoms with E-state index in [0.29, 0.717) is 23.7 Å². The lowest BCUT2D eigenvalue weighted by molar-refractivity contribution is -0.138. The number of hydrogen-bond acceptors (Lipinski definition) is 5. The van der Waals surface area contributed by atoms with E-state index in [-0.39, 0.29) is 5.92 Å². The molecule has 1 rings (SSSR count). The lowest BCUT2D eigenvalue weighted by Gasteiger charge is -2.23. The summed E-state index contributed by atoms with van der Waals surface area (Å²) in [4.78, 5) is 11.0. The summed E-state index contributed by atoms with van der Waals surface area (Å²) in [5, 5.41) is 9.00. The molecule has 118 valence electrons. The van der Waals surface area contributed by atoms with Gasteiger partial charge in [-0.25, -0.2) is 0 Å². The topological polar surface area (TPSA) is 91.0 Å². The van der Waals surface area contributed by atoms with Crippen molar-refractivity contribution in [2.45, 2.75) is 31.7 Å². The molecule has 0 aromatic heterocycles. The highest BCUT2D eigenvalue weighted by molar-refractivity contribution is 5.73. The molecule has 0 saturated carbocycles. The van der Waals surface area contributed by atoms with Crippen molar-refractivity contribution in [1.29, 1.82) is 0 Å². The van der Waals surface area contributed by atoms with E-state index in [4.69, 9.17) is 25.1 Å². The first-order valence-electron chi connectivity index (χ1n) is 6.76. The van der Waals surface area contributed by atoms with Crippen LogP contribution in [-0.2, 0) is 4.79 Å². The first-order valence-corrected chi connectivity index (χ1v) is 6.76. The van der Waals surface area contributed by atoms with Crippen LogP contribution in [0.2, 0.25) is 0 Å². The van der Waals surface area contributed by atoms with Crippen LogP contribution in [-0.4, -0.2) is 38.4 Å². The highest BCUT2D eigenvalue weighted by Crippen LogP contribution is 2.42. The standard InChI is InChI=1S/C15H23NO5/c1-5-9(6-11(16)15(17)18)14-12(20-3)7-10(19-2)8-13(14)21-4/h7-9,11H,5-6,16H2,1-4H3,(H,17,18). The zero-order chi connectivity index (χ0) is 16.0. The summed E-state index contributed by atoms with van der Waals surface area (Å²) in [6.07, 6.45) is 1.03. The van der Waals surface area contributed by atoms with Crippen LogP contribution in [0.3, 0.4) is 0 Å². The molecule has 6 heteroatoms. The summed E-state index contributed by atoms with van der Waals surface area (Å²) in [6, 6.07) is 2.59. The van der Waals surface area contributed by atoms with Crippen LogP contribution in [0.1, 0.15) is 31.2 Å². The monoisotopic (exact) mass is 297 g/mol. The van der Waals surface area contributed by atoms with Crippen molar-refractivity contribution < 1.29 is 24.1 Å². The number of carboxylic acids is 1. The maximum absolute atomic E-state index is 11.0. The van der Waals surface area contributed by atoms with Crippen molar-refractivity contribution in [3.8, 4) is 17.2 Å². The Morgan fingerprint density at radius 3 is 2.05 bits per heavy atom. The van der Waals surface area contributed by atoms with E-state index in [1.54, 1.807) is 33.5 Å². The number of carboxylic acid groups (broad SMARTS) is 1. The Kier molecular flexibility index (Phi) is 6.30. The van der Waals surface area contributed by atoms with Gasteiger partial charge in [0, 0.05) is 17.7 Å². The van der Waals surface area contributed by atoms with Gasteiger partial charge < -0.3 is 25.1 Å². The molecule has 1 aromatic carbocycles. The Balaban J connectivity index is 3.26. The van der Waals surface area contributed by atoms with Crippen molar-refractivity contribution in [3.63, 3.8) is 0 Å². The number of methoxy groups -OCH3 is 3. The fourth-order valence-corrected chi connectivity index (χ4v) is 2.33. The fourth-order valence-electron chi connectivity index (χ4n) is 2.33. The second-order valence-corrected chi connectivity index (χ2v) is 4.73. The minimum Gasteiger partial charge on any atom is -0.496 e. The van der Waals surface area contributed by atoms with Crippen LogP contribution in [0.25, 0.3) is 0 Å². The van der Waals surface area contributed by atoms with Gasteiger partial charge in [0.05, 0.1) is 21.3 Å². The highest BCUT2D eigenvalue weighted by Gasteiger charge is 2.25. The average Bonchev–Trinajstić information content (AvgIpc) is 2.50. The predicted octanol–water partition coefficient (Wildman–Crippen LogP) is 2.01. The largest absolute Gasteiger partial charge is 0.496 e. The summed E-state index contributed by atoms with van der Waals surface area (Å²) >= 11 is 0. The summed E-state index contributed by atoms with van der Waals surface area (Å²) in [6.45, 7) is 1.97. The van der Waals surface area contributed by atoms with Crippen LogP contribution < -0.4 is 19.9 Å². The van der Waals surface area contributed by atoms with Crippen LogP contribution in [0, 0.1) is 0 Å². The second kappa shape index (κ2) is 7.73. The van der Waals surface area contributed by atoms with Crippen molar-refractivity contribution in [2.24, 2.45) is 5.73 Å². The number of nitrogens with two attached hydrogens (primary N) is 1. The van der Waals surface area contributed by atoms with Gasteiger partial charge in [-0.2, -0.15) is 0 Å². The zero-order valence-corrected chi connectivity index (χ0v) is 12.9. The number of rotatable bonds is 8. The smallest absolute Gasteiger partial charge is 0.320 e. The van der Waals surface area contributed by atoms with Crippen molar-refractivity contribution >= 4 is 5.97 Å². The minimum absolute atomic E-state index is 0.0769. The molecule has 6 nitrogen and oxygen atoms in total. The van der Waals surface area contributed by atoms with E-state index < -0.39 is 12.0 Å². The molecule has 0 aliphatic carbocycles. The maximum atomic E-state index is 11.0. The van der Waals surface area contributed by atoms with Gasteiger partial charge in [-0.15, -0.1) is 0 Å². The van der Waals surface area contributed by atoms with Crippen LogP contribution >= 0.6 is 0 Å².